The van der Waals surface area contributed by atoms with Crippen LogP contribution in [0.5, 0.6) is 0 Å². The lowest BCUT2D eigenvalue weighted by Gasteiger charge is -2.36. The minimum Gasteiger partial charge on any atom is -0.354 e. The van der Waals surface area contributed by atoms with Crippen LogP contribution in [0.2, 0.25) is 0 Å². The number of rotatable bonds is 2. The summed E-state index contributed by atoms with van der Waals surface area (Å²) in [4.78, 5) is 15.9. The van der Waals surface area contributed by atoms with E-state index >= 15 is 0 Å². The Morgan fingerprint density at radius 3 is 2.40 bits per heavy atom. The maximum Gasteiger partial charge on any atom is 0.179 e. The quantitative estimate of drug-likeness (QED) is 0.699. The third-order valence-corrected chi connectivity index (χ3v) is 6.32. The van der Waals surface area contributed by atoms with E-state index in [0.717, 1.165) is 22.4 Å². The predicted molar refractivity (Wildman–Crippen MR) is 117 cm³/mol. The number of carbonyl (C=O) groups is 1. The van der Waals surface area contributed by atoms with E-state index in [1.165, 1.54) is 0 Å². The van der Waals surface area contributed by atoms with Gasteiger partial charge < -0.3 is 4.90 Å². The van der Waals surface area contributed by atoms with Crippen molar-refractivity contribution in [1.82, 2.24) is 0 Å². The largest absolute Gasteiger partial charge is 0.354 e. The Labute approximate surface area is 178 Å². The summed E-state index contributed by atoms with van der Waals surface area (Å²) in [5, 5.41) is 20.6. The molecular formula is C26H25N3O. The number of fused-ring (bicyclic) bond motifs is 3. The number of Topliss-reactive ketones (excluding diaryl/α,β-unsaturated/α-hetero) is 1. The molecule has 0 aliphatic carbocycles. The van der Waals surface area contributed by atoms with Gasteiger partial charge in [0.15, 0.2) is 5.41 Å². The monoisotopic (exact) mass is 395 g/mol. The summed E-state index contributed by atoms with van der Waals surface area (Å²) in [6.45, 7) is 7.61. The summed E-state index contributed by atoms with van der Waals surface area (Å²) < 4.78 is 0. The van der Waals surface area contributed by atoms with Gasteiger partial charge in [0.1, 0.15) is 5.78 Å². The minimum atomic E-state index is -1.47. The summed E-state index contributed by atoms with van der Waals surface area (Å²) in [7, 11) is 0. The van der Waals surface area contributed by atoms with Gasteiger partial charge in [0, 0.05) is 11.1 Å². The fourth-order valence-electron chi connectivity index (χ4n) is 4.91. The molecule has 4 nitrogen and oxygen atoms in total. The summed E-state index contributed by atoms with van der Waals surface area (Å²) in [5.41, 5.74) is 1.88. The smallest absolute Gasteiger partial charge is 0.179 e. The maximum atomic E-state index is 13.8. The SMILES string of the molecule is Cc1cccc(C2C(C(=O)C(C)(C)C)C(C#N)(C#N)[C@H]3C=Cc4ccccc4N23)c1. The highest BCUT2D eigenvalue weighted by atomic mass is 16.1. The molecule has 2 aromatic carbocycles. The van der Waals surface area contributed by atoms with Gasteiger partial charge in [0.25, 0.3) is 0 Å². The van der Waals surface area contributed by atoms with Gasteiger partial charge in [-0.15, -0.1) is 0 Å². The minimum absolute atomic E-state index is 0.0580. The Hall–Kier alpha value is -3.37. The highest BCUT2D eigenvalue weighted by Gasteiger charge is 2.64. The van der Waals surface area contributed by atoms with Crippen LogP contribution in [0, 0.1) is 46.3 Å². The molecule has 2 aliphatic heterocycles. The lowest BCUT2D eigenvalue weighted by atomic mass is 9.65. The van der Waals surface area contributed by atoms with Gasteiger partial charge in [0.2, 0.25) is 0 Å². The van der Waals surface area contributed by atoms with Crippen molar-refractivity contribution in [1.29, 1.82) is 10.5 Å². The zero-order chi connectivity index (χ0) is 21.7. The third-order valence-electron chi connectivity index (χ3n) is 6.32. The van der Waals surface area contributed by atoms with Gasteiger partial charge >= 0.3 is 0 Å². The normalized spacial score (nSPS) is 23.8. The molecule has 150 valence electrons. The molecule has 0 N–H and O–H groups in total. The highest BCUT2D eigenvalue weighted by Crippen LogP contribution is 2.57. The molecule has 0 radical (unpaired) electrons. The van der Waals surface area contributed by atoms with Crippen LogP contribution < -0.4 is 4.90 Å². The van der Waals surface area contributed by atoms with Crippen LogP contribution in [0.3, 0.4) is 0 Å². The van der Waals surface area contributed by atoms with E-state index < -0.39 is 28.8 Å². The second-order valence-electron chi connectivity index (χ2n) is 9.31. The topological polar surface area (TPSA) is 67.9 Å². The Bertz CT molecular complexity index is 1110. The molecule has 2 heterocycles. The van der Waals surface area contributed by atoms with Crippen LogP contribution in [-0.2, 0) is 4.79 Å². The van der Waals surface area contributed by atoms with Gasteiger partial charge in [-0.1, -0.05) is 81.0 Å². The molecule has 2 aromatic rings. The van der Waals surface area contributed by atoms with Crippen molar-refractivity contribution in [3.05, 3.63) is 71.3 Å². The highest BCUT2D eigenvalue weighted by molar-refractivity contribution is 5.91. The van der Waals surface area contributed by atoms with E-state index in [1.807, 2.05) is 82.3 Å². The van der Waals surface area contributed by atoms with E-state index in [9.17, 15) is 15.3 Å². The summed E-state index contributed by atoms with van der Waals surface area (Å²) in [6, 6.07) is 19.7. The van der Waals surface area contributed by atoms with Crippen molar-refractivity contribution >= 4 is 17.5 Å². The molecule has 4 heteroatoms. The first-order valence-corrected chi connectivity index (χ1v) is 10.2. The number of nitrogens with zero attached hydrogens (tertiary/aromatic N) is 3. The lowest BCUT2D eigenvalue weighted by Crippen LogP contribution is -2.42. The standard InChI is InChI=1S/C26H25N3O/c1-17-8-7-10-19(14-17)23-22(24(30)25(2,3)4)26(15-27,16-28)21-13-12-18-9-5-6-11-20(18)29(21)23/h5-14,21-23H,1-4H3/t21-,22?,23?/m1/s1. The zero-order valence-corrected chi connectivity index (χ0v) is 17.8. The summed E-state index contributed by atoms with van der Waals surface area (Å²) in [6.07, 6.45) is 3.89. The molecule has 2 unspecified atom stereocenters. The Morgan fingerprint density at radius 1 is 1.07 bits per heavy atom. The van der Waals surface area contributed by atoms with E-state index in [4.69, 9.17) is 0 Å². The summed E-state index contributed by atoms with van der Waals surface area (Å²) in [5.74, 6) is -0.826. The van der Waals surface area contributed by atoms with Crippen molar-refractivity contribution in [3.8, 4) is 12.1 Å². The number of benzene rings is 2. The number of hydrogen-bond acceptors (Lipinski definition) is 4. The number of carbonyl (C=O) groups excluding carboxylic acids is 1. The van der Waals surface area contributed by atoms with Crippen molar-refractivity contribution in [2.75, 3.05) is 4.90 Å². The second kappa shape index (κ2) is 6.85. The average molecular weight is 396 g/mol. The van der Waals surface area contributed by atoms with Crippen molar-refractivity contribution < 1.29 is 4.79 Å². The average Bonchev–Trinajstić information content (AvgIpc) is 3.03. The number of hydrogen-bond donors (Lipinski definition) is 0. The van der Waals surface area contributed by atoms with Crippen LogP contribution >= 0.6 is 0 Å². The molecule has 4 rings (SSSR count). The molecule has 0 saturated carbocycles. The van der Waals surface area contributed by atoms with Crippen molar-refractivity contribution in [2.24, 2.45) is 16.7 Å². The zero-order valence-electron chi connectivity index (χ0n) is 17.8. The first-order chi connectivity index (χ1) is 14.2. The molecule has 0 aromatic heterocycles. The lowest BCUT2D eigenvalue weighted by molar-refractivity contribution is -0.132. The van der Waals surface area contributed by atoms with E-state index in [1.54, 1.807) is 0 Å². The molecule has 2 aliphatic rings. The number of aryl methyl sites for hydroxylation is 1. The van der Waals surface area contributed by atoms with E-state index in [0.29, 0.717) is 0 Å². The van der Waals surface area contributed by atoms with E-state index in [-0.39, 0.29) is 5.78 Å². The van der Waals surface area contributed by atoms with Crippen LogP contribution in [0.4, 0.5) is 5.69 Å². The molecule has 0 spiro atoms. The Morgan fingerprint density at radius 2 is 1.77 bits per heavy atom. The Balaban J connectivity index is 2.04. The van der Waals surface area contributed by atoms with Crippen LogP contribution in [0.1, 0.15) is 43.5 Å². The molecule has 0 bridgehead atoms. The van der Waals surface area contributed by atoms with Crippen LogP contribution in [-0.4, -0.2) is 11.8 Å². The first-order valence-electron chi connectivity index (χ1n) is 10.2. The fraction of sp³-hybridized carbons (Fsp3) is 0.346. The molecule has 3 atom stereocenters. The Kier molecular flexibility index (Phi) is 4.55. The molecule has 1 fully saturated rings. The molecular weight excluding hydrogens is 370 g/mol. The van der Waals surface area contributed by atoms with Crippen molar-refractivity contribution in [2.45, 2.75) is 39.8 Å². The second-order valence-corrected chi connectivity index (χ2v) is 9.31. The number of anilines is 1. The molecule has 30 heavy (non-hydrogen) atoms. The third kappa shape index (κ3) is 2.76. The fourth-order valence-corrected chi connectivity index (χ4v) is 4.91. The number of para-hydroxylation sites is 1. The maximum absolute atomic E-state index is 13.8. The van der Waals surface area contributed by atoms with E-state index in [2.05, 4.69) is 23.1 Å². The van der Waals surface area contributed by atoms with Gasteiger partial charge in [-0.25, -0.2) is 0 Å². The number of nitriles is 2. The first kappa shape index (κ1) is 19.9. The summed E-state index contributed by atoms with van der Waals surface area (Å²) >= 11 is 0. The predicted octanol–water partition coefficient (Wildman–Crippen LogP) is 5.22. The number of ketones is 1. The van der Waals surface area contributed by atoms with Gasteiger partial charge in [-0.05, 0) is 24.1 Å². The van der Waals surface area contributed by atoms with Crippen molar-refractivity contribution in [3.63, 3.8) is 0 Å². The van der Waals surface area contributed by atoms with Gasteiger partial charge in [-0.3, -0.25) is 4.79 Å². The molecule has 1 saturated heterocycles. The molecule has 0 amide bonds. The van der Waals surface area contributed by atoms with Crippen LogP contribution in [0.25, 0.3) is 6.08 Å². The van der Waals surface area contributed by atoms with Crippen LogP contribution in [0.15, 0.2) is 54.6 Å². The van der Waals surface area contributed by atoms with Gasteiger partial charge in [0.05, 0.1) is 30.1 Å². The van der Waals surface area contributed by atoms with Gasteiger partial charge in [-0.2, -0.15) is 10.5 Å².